The minimum atomic E-state index is -4.76. The number of likely N-dealkylation sites (N-methyl/N-ethyl adjacent to an activating group) is 7. The lowest BCUT2D eigenvalue weighted by Crippen LogP contribution is -2.65. The maximum absolute atomic E-state index is 15.8. The second-order valence-electron chi connectivity index (χ2n) is 29.9. The summed E-state index contributed by atoms with van der Waals surface area (Å²) >= 11 is 6.16. The zero-order chi connectivity index (χ0) is 74.9. The van der Waals surface area contributed by atoms with Crippen molar-refractivity contribution in [3.63, 3.8) is 0 Å². The van der Waals surface area contributed by atoms with Crippen LogP contribution < -0.4 is 16.0 Å². The second-order valence-corrected chi connectivity index (χ2v) is 30.3. The molecule has 570 valence electrons. The smallest absolute Gasteiger partial charge is 0.379 e. The molecule has 3 N–H and O–H groups in total. The summed E-state index contributed by atoms with van der Waals surface area (Å²) in [6.07, 6.45) is 7.09. The number of aryl methyl sites for hydroxylation is 1. The highest BCUT2D eigenvalue weighted by Crippen LogP contribution is 2.38. The fourth-order valence-corrected chi connectivity index (χ4v) is 16.0. The normalized spacial score (nSPS) is 26.3. The van der Waals surface area contributed by atoms with Crippen molar-refractivity contribution >= 4 is 82.5 Å². The van der Waals surface area contributed by atoms with Crippen molar-refractivity contribution < 1.29 is 75.4 Å². The number of amides is 12. The number of carbonyl (C=O) groups excluding carboxylic acids is 12. The molecule has 3 saturated carbocycles. The third-order valence-corrected chi connectivity index (χ3v) is 22.1. The van der Waals surface area contributed by atoms with Crippen molar-refractivity contribution in [1.82, 2.24) is 60.0 Å². The summed E-state index contributed by atoms with van der Waals surface area (Å²) in [5, 5.41) is 8.07. The fourth-order valence-electron chi connectivity index (χ4n) is 15.7. The molecule has 25 nitrogen and oxygen atoms in total. The number of halogens is 4. The number of alkyl halides is 3. The van der Waals surface area contributed by atoms with Crippen LogP contribution in [0.15, 0.2) is 18.2 Å². The van der Waals surface area contributed by atoms with E-state index in [1.165, 1.54) is 79.9 Å². The lowest BCUT2D eigenvalue weighted by molar-refractivity contribution is -0.157. The molecule has 3 aliphatic heterocycles. The first-order valence-electron chi connectivity index (χ1n) is 37.0. The summed E-state index contributed by atoms with van der Waals surface area (Å²) in [5.74, 6) is -8.52. The van der Waals surface area contributed by atoms with Gasteiger partial charge in [-0.05, 0) is 125 Å². The van der Waals surface area contributed by atoms with E-state index in [4.69, 9.17) is 16.3 Å². The number of benzene rings is 1. The predicted molar refractivity (Wildman–Crippen MR) is 375 cm³/mol. The number of hydrogen-bond acceptors (Lipinski definition) is 13. The van der Waals surface area contributed by atoms with Gasteiger partial charge >= 0.3 is 6.18 Å². The van der Waals surface area contributed by atoms with Gasteiger partial charge in [-0.2, -0.15) is 13.2 Å². The van der Waals surface area contributed by atoms with Crippen LogP contribution in [0.5, 0.6) is 0 Å². The molecule has 0 aromatic heterocycles. The minimum absolute atomic E-state index is 0.0113. The predicted octanol–water partition coefficient (Wildman–Crippen LogP) is 5.80. The summed E-state index contributed by atoms with van der Waals surface area (Å²) in [5.41, 5.74) is -2.35. The fraction of sp³-hybridized carbons (Fsp3) is 0.753. The van der Waals surface area contributed by atoms with Gasteiger partial charge in [0.05, 0.1) is 43.2 Å². The number of ether oxygens (including phenoxy) is 1. The highest BCUT2D eigenvalue weighted by Gasteiger charge is 2.51. The van der Waals surface area contributed by atoms with Crippen LogP contribution in [0.2, 0.25) is 5.02 Å². The Kier molecular flexibility index (Phi) is 30.3. The summed E-state index contributed by atoms with van der Waals surface area (Å²) in [4.78, 5) is 191. The van der Waals surface area contributed by atoms with E-state index in [1.807, 2.05) is 20.8 Å². The average Bonchev–Trinajstić information content (AvgIpc) is 1.49. The average molecular weight is 1460 g/mol. The Bertz CT molecular complexity index is 3140. The van der Waals surface area contributed by atoms with Gasteiger partial charge in [-0.1, -0.05) is 103 Å². The van der Waals surface area contributed by atoms with Crippen LogP contribution >= 0.6 is 11.6 Å². The highest BCUT2D eigenvalue weighted by molar-refractivity contribution is 6.31. The van der Waals surface area contributed by atoms with E-state index in [2.05, 4.69) is 16.0 Å². The van der Waals surface area contributed by atoms with Gasteiger partial charge in [0.15, 0.2) is 0 Å². The first-order chi connectivity index (χ1) is 48.3. The van der Waals surface area contributed by atoms with E-state index in [0.29, 0.717) is 70.0 Å². The molecule has 6 aliphatic rings. The van der Waals surface area contributed by atoms with Crippen LogP contribution in [0.25, 0.3) is 0 Å². The third-order valence-electron chi connectivity index (χ3n) is 21.8. The van der Waals surface area contributed by atoms with Crippen LogP contribution in [0.1, 0.15) is 186 Å². The van der Waals surface area contributed by atoms with E-state index in [9.17, 15) is 41.9 Å². The maximum atomic E-state index is 15.8. The summed E-state index contributed by atoms with van der Waals surface area (Å²) in [6.45, 7) is 4.48. The summed E-state index contributed by atoms with van der Waals surface area (Å²) in [7, 11) is 9.92. The monoisotopic (exact) mass is 1460 g/mol. The molecule has 0 bridgehead atoms. The largest absolute Gasteiger partial charge is 0.417 e. The Morgan fingerprint density at radius 3 is 1.85 bits per heavy atom. The van der Waals surface area contributed by atoms with Crippen LogP contribution in [-0.2, 0) is 74.9 Å². The van der Waals surface area contributed by atoms with Crippen molar-refractivity contribution in [3.8, 4) is 0 Å². The molecule has 1 spiro atoms. The first-order valence-corrected chi connectivity index (χ1v) is 37.4. The van der Waals surface area contributed by atoms with Gasteiger partial charge in [-0.25, -0.2) is 0 Å². The van der Waals surface area contributed by atoms with Crippen LogP contribution in [0, 0.1) is 17.8 Å². The molecule has 3 saturated heterocycles. The molecule has 1 aromatic rings. The lowest BCUT2D eigenvalue weighted by Gasteiger charge is -2.43. The van der Waals surface area contributed by atoms with Gasteiger partial charge in [0.2, 0.25) is 70.9 Å². The molecule has 29 heteroatoms. The highest BCUT2D eigenvalue weighted by atomic mass is 35.5. The number of nitrogens with one attached hydrogen (secondary N) is 3. The number of hydrogen-bond donors (Lipinski definition) is 3. The zero-order valence-electron chi connectivity index (χ0n) is 61.7. The van der Waals surface area contributed by atoms with Gasteiger partial charge < -0.3 is 64.8 Å². The van der Waals surface area contributed by atoms with E-state index in [-0.39, 0.29) is 76.5 Å². The number of piperidine rings is 1. The Hall–Kier alpha value is -7.10. The Balaban J connectivity index is 1.29. The molecular formula is C73H112ClF3N12O13. The van der Waals surface area contributed by atoms with Crippen molar-refractivity contribution in [2.75, 3.05) is 102 Å². The quantitative estimate of drug-likeness (QED) is 0.197. The second kappa shape index (κ2) is 37.6. The summed E-state index contributed by atoms with van der Waals surface area (Å²) < 4.78 is 47.5. The van der Waals surface area contributed by atoms with Gasteiger partial charge in [-0.3, -0.25) is 57.5 Å². The Morgan fingerprint density at radius 2 is 1.24 bits per heavy atom. The van der Waals surface area contributed by atoms with E-state index >= 15 is 28.8 Å². The number of rotatable bonds is 13. The standard InChI is InChI=1S/C73H112ClF3N12O13/c1-11-38-102-46-54-66(96)83(6)44-61(92)81(4)45-62(93)85(8)57(41-48-24-15-12-16-25-48)68(98)82(5)43-59(90)78-53(32-30-49-29-31-51(52(74)40-49)73(75,76)77)67(97)89-37-23-28-55(89)65(95)80-72(33-19-20-34-72)71(101)87(10)63(50-26-17-13-18-27-50)70(100)86(9)58(69(99)88-35-21-14-22-36-88)42-60(91)84(7)56(39-47(2)3)64(94)79-54/h29,31,40,47-48,50,53-58,63H,11-28,30,32-39,41-46H2,1-10H3,(H,78,90)(H,79,94)(H,80,95)/t53-,54-,55-,56-,57-,58-,63-/m0/s1. The zero-order valence-corrected chi connectivity index (χ0v) is 62.4. The molecule has 3 heterocycles. The number of likely N-dealkylation sites (tertiary alicyclic amines) is 1. The summed E-state index contributed by atoms with van der Waals surface area (Å²) in [6, 6.07) is -5.80. The first kappa shape index (κ1) is 82.2. The van der Waals surface area contributed by atoms with Crippen molar-refractivity contribution in [1.29, 1.82) is 0 Å². The van der Waals surface area contributed by atoms with Gasteiger partial charge in [-0.15, -0.1) is 0 Å². The molecule has 3 aliphatic carbocycles. The van der Waals surface area contributed by atoms with Gasteiger partial charge in [0, 0.05) is 75.6 Å². The maximum Gasteiger partial charge on any atom is 0.417 e. The molecule has 102 heavy (non-hydrogen) atoms. The molecular weight excluding hydrogens is 1350 g/mol. The lowest BCUT2D eigenvalue weighted by atomic mass is 9.81. The van der Waals surface area contributed by atoms with E-state index in [0.717, 1.165) is 84.6 Å². The van der Waals surface area contributed by atoms with Crippen LogP contribution in [0.4, 0.5) is 13.2 Å². The number of carbonyl (C=O) groups is 12. The molecule has 1 aromatic carbocycles. The van der Waals surface area contributed by atoms with Crippen LogP contribution in [0.3, 0.4) is 0 Å². The minimum Gasteiger partial charge on any atom is -0.379 e. The molecule has 0 unspecified atom stereocenters. The van der Waals surface area contributed by atoms with Gasteiger partial charge in [0.1, 0.15) is 47.8 Å². The van der Waals surface area contributed by atoms with Crippen molar-refractivity contribution in [2.24, 2.45) is 17.8 Å². The molecule has 7 rings (SSSR count). The third kappa shape index (κ3) is 21.3. The van der Waals surface area contributed by atoms with Crippen molar-refractivity contribution in [2.45, 2.75) is 235 Å². The molecule has 0 radical (unpaired) electrons. The Morgan fingerprint density at radius 1 is 0.627 bits per heavy atom. The Labute approximate surface area is 604 Å². The molecule has 12 amide bonds. The van der Waals surface area contributed by atoms with Crippen LogP contribution in [-0.4, -0.2) is 265 Å². The van der Waals surface area contributed by atoms with Crippen molar-refractivity contribution in [3.05, 3.63) is 34.3 Å². The molecule has 7 atom stereocenters. The SMILES string of the molecule is CCCOC[C@@H]1NC(=O)[C@H](CC(C)C)N(C)C(=O)C[C@@H](C(=O)N2CCCCC2)N(C)C(=O)[C@H](C2CCCCC2)N(C)C(=O)C2(CCCC2)NC(=O)[C@@H]2CCCN2C(=O)[C@H](CCc2ccc(C(F)(F)F)c(Cl)c2)NC(=O)CN(C)C(=O)[C@H](CC2CCCCC2)N(C)C(=O)CN(C)C(=O)CN(C)C1=O. The molecule has 6 fully saturated rings. The topological polar surface area (TPSA) is 279 Å². The van der Waals surface area contributed by atoms with E-state index < -0.39 is 167 Å². The number of fused-ring (bicyclic) bond motifs is 1. The number of nitrogens with zero attached hydrogens (tertiary/aromatic N) is 9. The van der Waals surface area contributed by atoms with Gasteiger partial charge in [0.25, 0.3) is 0 Å². The van der Waals surface area contributed by atoms with E-state index in [1.54, 1.807) is 4.90 Å².